The van der Waals surface area contributed by atoms with E-state index in [0.717, 1.165) is 6.07 Å². The van der Waals surface area contributed by atoms with E-state index in [4.69, 9.17) is 13.9 Å². The van der Waals surface area contributed by atoms with Gasteiger partial charge in [-0.2, -0.15) is 0 Å². The zero-order chi connectivity index (χ0) is 19.4. The quantitative estimate of drug-likeness (QED) is 0.518. The number of hydrogen-bond acceptors (Lipinski definition) is 8. The van der Waals surface area contributed by atoms with Crippen LogP contribution in [-0.4, -0.2) is 35.2 Å². The monoisotopic (exact) mass is 370 g/mol. The van der Waals surface area contributed by atoms with Gasteiger partial charge in [-0.1, -0.05) is 11.2 Å². The summed E-state index contributed by atoms with van der Waals surface area (Å²) in [5, 5.41) is 20.8. The number of benzene rings is 2. The molecule has 0 atom stereocenters. The van der Waals surface area contributed by atoms with Crippen molar-refractivity contribution in [2.75, 3.05) is 19.5 Å². The van der Waals surface area contributed by atoms with Gasteiger partial charge in [-0.05, 0) is 24.3 Å². The van der Waals surface area contributed by atoms with Crippen LogP contribution in [0.15, 0.2) is 46.9 Å². The second-order valence-electron chi connectivity index (χ2n) is 5.24. The third kappa shape index (κ3) is 3.84. The van der Waals surface area contributed by atoms with Gasteiger partial charge >= 0.3 is 6.01 Å². The highest BCUT2D eigenvalue weighted by atomic mass is 16.6. The van der Waals surface area contributed by atoms with Crippen molar-refractivity contribution in [2.45, 2.75) is 0 Å². The van der Waals surface area contributed by atoms with Crippen LogP contribution < -0.4 is 14.8 Å². The normalized spacial score (nSPS) is 10.3. The van der Waals surface area contributed by atoms with Crippen LogP contribution in [0.5, 0.6) is 11.5 Å². The number of aromatic nitrogens is 2. The predicted molar refractivity (Wildman–Crippen MR) is 93.9 cm³/mol. The van der Waals surface area contributed by atoms with E-state index in [1.165, 1.54) is 32.4 Å². The van der Waals surface area contributed by atoms with Crippen molar-refractivity contribution in [2.24, 2.45) is 0 Å². The van der Waals surface area contributed by atoms with Gasteiger partial charge in [0.05, 0.1) is 19.1 Å². The number of nitro benzene ring substituents is 1. The van der Waals surface area contributed by atoms with Gasteiger partial charge in [0.2, 0.25) is 5.89 Å². The molecular weight excluding hydrogens is 356 g/mol. The molecule has 1 amide bonds. The van der Waals surface area contributed by atoms with Gasteiger partial charge < -0.3 is 13.9 Å². The summed E-state index contributed by atoms with van der Waals surface area (Å²) >= 11 is 0. The van der Waals surface area contributed by atoms with E-state index in [1.807, 2.05) is 0 Å². The maximum absolute atomic E-state index is 12.2. The topological polar surface area (TPSA) is 130 Å². The molecule has 2 aromatic carbocycles. The molecule has 0 unspecified atom stereocenters. The highest BCUT2D eigenvalue weighted by Gasteiger charge is 2.16. The zero-order valence-electron chi connectivity index (χ0n) is 14.3. The highest BCUT2D eigenvalue weighted by molar-refractivity contribution is 6.03. The van der Waals surface area contributed by atoms with Crippen molar-refractivity contribution in [3.8, 4) is 23.0 Å². The number of carbonyl (C=O) groups excluding carboxylic acids is 1. The minimum Gasteiger partial charge on any atom is -0.493 e. The van der Waals surface area contributed by atoms with Crippen molar-refractivity contribution in [3.05, 3.63) is 58.1 Å². The lowest BCUT2D eigenvalue weighted by atomic mass is 10.2. The molecule has 0 radical (unpaired) electrons. The standard InChI is InChI=1S/C17H14N4O6/c1-25-13-7-6-11(9-14(13)26-2)16-19-20-17(27-16)18-15(22)10-4-3-5-12(8-10)21(23)24/h3-9H,1-2H3,(H,18,20,22). The van der Waals surface area contributed by atoms with Crippen LogP contribution in [-0.2, 0) is 0 Å². The number of carbonyl (C=O) groups is 1. The average Bonchev–Trinajstić information content (AvgIpc) is 3.15. The van der Waals surface area contributed by atoms with Gasteiger partial charge in [-0.3, -0.25) is 20.2 Å². The Bertz CT molecular complexity index is 1000. The maximum atomic E-state index is 12.2. The highest BCUT2D eigenvalue weighted by Crippen LogP contribution is 2.32. The molecule has 0 fully saturated rings. The molecule has 10 nitrogen and oxygen atoms in total. The molecule has 0 bridgehead atoms. The summed E-state index contributed by atoms with van der Waals surface area (Å²) < 4.78 is 15.8. The Morgan fingerprint density at radius 2 is 1.89 bits per heavy atom. The SMILES string of the molecule is COc1ccc(-c2nnc(NC(=O)c3cccc([N+](=O)[O-])c3)o2)cc1OC. The largest absolute Gasteiger partial charge is 0.493 e. The summed E-state index contributed by atoms with van der Waals surface area (Å²) in [6, 6.07) is 10.2. The molecule has 3 aromatic rings. The number of anilines is 1. The number of ether oxygens (including phenoxy) is 2. The molecule has 1 heterocycles. The second kappa shape index (κ2) is 7.52. The Morgan fingerprint density at radius 3 is 2.59 bits per heavy atom. The Morgan fingerprint density at radius 1 is 1.11 bits per heavy atom. The molecule has 138 valence electrons. The number of methoxy groups -OCH3 is 2. The van der Waals surface area contributed by atoms with Crippen molar-refractivity contribution < 1.29 is 23.6 Å². The van der Waals surface area contributed by atoms with E-state index in [2.05, 4.69) is 15.5 Å². The van der Waals surface area contributed by atoms with Gasteiger partial charge in [0.25, 0.3) is 11.6 Å². The second-order valence-corrected chi connectivity index (χ2v) is 5.24. The smallest absolute Gasteiger partial charge is 0.322 e. The number of nitrogens with zero attached hydrogens (tertiary/aromatic N) is 3. The summed E-state index contributed by atoms with van der Waals surface area (Å²) in [4.78, 5) is 22.4. The van der Waals surface area contributed by atoms with Gasteiger partial charge in [-0.15, -0.1) is 5.10 Å². The Hall–Kier alpha value is -3.95. The lowest BCUT2D eigenvalue weighted by Gasteiger charge is -2.07. The maximum Gasteiger partial charge on any atom is 0.322 e. The van der Waals surface area contributed by atoms with Crippen molar-refractivity contribution >= 4 is 17.6 Å². The molecule has 0 aliphatic heterocycles. The van der Waals surface area contributed by atoms with E-state index in [9.17, 15) is 14.9 Å². The van der Waals surface area contributed by atoms with Crippen LogP contribution in [0.1, 0.15) is 10.4 Å². The fourth-order valence-corrected chi connectivity index (χ4v) is 2.29. The van der Waals surface area contributed by atoms with Gasteiger partial charge in [0, 0.05) is 23.3 Å². The fraction of sp³-hybridized carbons (Fsp3) is 0.118. The van der Waals surface area contributed by atoms with Crippen molar-refractivity contribution in [1.29, 1.82) is 0 Å². The van der Waals surface area contributed by atoms with Crippen LogP contribution in [0.2, 0.25) is 0 Å². The lowest BCUT2D eigenvalue weighted by Crippen LogP contribution is -2.12. The minimum atomic E-state index is -0.610. The minimum absolute atomic E-state index is 0.0927. The van der Waals surface area contributed by atoms with Crippen LogP contribution in [0.3, 0.4) is 0 Å². The number of nitro groups is 1. The molecule has 0 saturated carbocycles. The summed E-state index contributed by atoms with van der Waals surface area (Å²) in [5.41, 5.74) is 0.463. The van der Waals surface area contributed by atoms with E-state index >= 15 is 0 Å². The van der Waals surface area contributed by atoms with E-state index in [0.29, 0.717) is 17.1 Å². The van der Waals surface area contributed by atoms with Gasteiger partial charge in [0.1, 0.15) is 0 Å². The number of hydrogen-bond donors (Lipinski definition) is 1. The van der Waals surface area contributed by atoms with Crippen molar-refractivity contribution in [1.82, 2.24) is 10.2 Å². The first kappa shape index (κ1) is 17.9. The summed E-state index contributed by atoms with van der Waals surface area (Å²) in [7, 11) is 3.02. The van der Waals surface area contributed by atoms with E-state index in [-0.39, 0.29) is 23.2 Å². The Balaban J connectivity index is 1.79. The number of nitrogens with one attached hydrogen (secondary N) is 1. The van der Waals surface area contributed by atoms with Gasteiger partial charge in [-0.25, -0.2) is 0 Å². The number of rotatable bonds is 6. The van der Waals surface area contributed by atoms with E-state index < -0.39 is 10.8 Å². The summed E-state index contributed by atoms with van der Waals surface area (Å²) in [5.74, 6) is 0.571. The molecule has 10 heteroatoms. The first-order valence-corrected chi connectivity index (χ1v) is 7.63. The Labute approximate surface area is 152 Å². The van der Waals surface area contributed by atoms with Crippen LogP contribution in [0.25, 0.3) is 11.5 Å². The van der Waals surface area contributed by atoms with Crippen LogP contribution in [0.4, 0.5) is 11.7 Å². The van der Waals surface area contributed by atoms with Crippen molar-refractivity contribution in [3.63, 3.8) is 0 Å². The van der Waals surface area contributed by atoms with E-state index in [1.54, 1.807) is 18.2 Å². The molecule has 1 N–H and O–H groups in total. The molecule has 0 aliphatic rings. The summed E-state index contributed by atoms with van der Waals surface area (Å²) in [6.45, 7) is 0. The number of non-ortho nitro benzene ring substituents is 1. The average molecular weight is 370 g/mol. The third-order valence-corrected chi connectivity index (χ3v) is 3.60. The van der Waals surface area contributed by atoms with Crippen LogP contribution in [0, 0.1) is 10.1 Å². The first-order valence-electron chi connectivity index (χ1n) is 7.63. The molecule has 3 rings (SSSR count). The number of amides is 1. The van der Waals surface area contributed by atoms with Crippen LogP contribution >= 0.6 is 0 Å². The molecular formula is C17H14N4O6. The Kier molecular flexibility index (Phi) is 4.97. The first-order chi connectivity index (χ1) is 13.0. The third-order valence-electron chi connectivity index (χ3n) is 3.60. The molecule has 0 saturated heterocycles. The molecule has 0 aliphatic carbocycles. The molecule has 27 heavy (non-hydrogen) atoms. The zero-order valence-corrected chi connectivity index (χ0v) is 14.3. The molecule has 0 spiro atoms. The summed E-state index contributed by atoms with van der Waals surface area (Å²) in [6.07, 6.45) is 0. The lowest BCUT2D eigenvalue weighted by molar-refractivity contribution is -0.384. The fourth-order valence-electron chi connectivity index (χ4n) is 2.29. The molecule has 1 aromatic heterocycles. The predicted octanol–water partition coefficient (Wildman–Crippen LogP) is 2.91. The van der Waals surface area contributed by atoms with Gasteiger partial charge in [0.15, 0.2) is 11.5 Å².